The lowest BCUT2D eigenvalue weighted by Gasteiger charge is -2.10. The van der Waals surface area contributed by atoms with Crippen molar-refractivity contribution in [2.24, 2.45) is 0 Å². The van der Waals surface area contributed by atoms with Crippen LogP contribution in [0, 0.1) is 0 Å². The summed E-state index contributed by atoms with van der Waals surface area (Å²) in [7, 11) is 3.27. The number of rotatable bonds is 3. The first-order chi connectivity index (χ1) is 10.0. The van der Waals surface area contributed by atoms with E-state index in [1.54, 1.807) is 56.8 Å². The smallest absolute Gasteiger partial charge is 0.497 e. The molecule has 1 aromatic carbocycles. The lowest BCUT2D eigenvalue weighted by molar-refractivity contribution is -0.569. The van der Waals surface area contributed by atoms with E-state index in [9.17, 15) is 9.59 Å². The fourth-order valence-electron chi connectivity index (χ4n) is 1.89. The molecule has 1 heterocycles. The number of Topliss-reactive ketones (excluding diaryl/α,β-unsaturated/α-hetero) is 1. The van der Waals surface area contributed by atoms with E-state index < -0.39 is 0 Å². The number of pyridine rings is 1. The molecule has 2 aromatic rings. The summed E-state index contributed by atoms with van der Waals surface area (Å²) in [6.07, 6.45) is 3.15. The summed E-state index contributed by atoms with van der Waals surface area (Å²) >= 11 is 0. The summed E-state index contributed by atoms with van der Waals surface area (Å²) in [5, 5.41) is 0. The molecule has 0 N–H and O–H groups in total. The lowest BCUT2D eigenvalue weighted by Crippen LogP contribution is -2.51. The molecule has 0 saturated heterocycles. The van der Waals surface area contributed by atoms with Crippen LogP contribution in [0.4, 0.5) is 10.5 Å². The Hall–Kier alpha value is -2.69. The van der Waals surface area contributed by atoms with Crippen LogP contribution in [-0.4, -0.2) is 26.0 Å². The molecule has 0 saturated carbocycles. The Morgan fingerprint density at radius 3 is 2.38 bits per heavy atom. The number of benzene rings is 1. The molecule has 0 aliphatic carbocycles. The zero-order valence-electron chi connectivity index (χ0n) is 12.2. The average molecular weight is 285 g/mol. The van der Waals surface area contributed by atoms with Crippen LogP contribution in [0.1, 0.15) is 17.3 Å². The van der Waals surface area contributed by atoms with E-state index in [2.05, 4.69) is 0 Å². The van der Waals surface area contributed by atoms with Crippen molar-refractivity contribution in [3.63, 3.8) is 0 Å². The summed E-state index contributed by atoms with van der Waals surface area (Å²) in [5.74, 6) is 0.648. The van der Waals surface area contributed by atoms with Gasteiger partial charge in [0, 0.05) is 0 Å². The Morgan fingerprint density at radius 1 is 1.14 bits per heavy atom. The first kappa shape index (κ1) is 14.7. The summed E-state index contributed by atoms with van der Waals surface area (Å²) in [4.78, 5) is 25.3. The minimum Gasteiger partial charge on any atom is -0.497 e. The highest BCUT2D eigenvalue weighted by atomic mass is 16.5. The second-order valence-corrected chi connectivity index (χ2v) is 4.60. The zero-order valence-corrected chi connectivity index (χ0v) is 12.2. The van der Waals surface area contributed by atoms with Crippen LogP contribution in [0.3, 0.4) is 0 Å². The van der Waals surface area contributed by atoms with Gasteiger partial charge in [0.2, 0.25) is 0 Å². The second kappa shape index (κ2) is 6.17. The van der Waals surface area contributed by atoms with E-state index in [1.165, 1.54) is 22.6 Å². The van der Waals surface area contributed by atoms with Crippen LogP contribution >= 0.6 is 0 Å². The number of hydrogen-bond acceptors (Lipinski definition) is 3. The van der Waals surface area contributed by atoms with Gasteiger partial charge in [-0.1, -0.05) is 0 Å². The normalized spacial score (nSPS) is 10.0. The molecule has 0 bridgehead atoms. The predicted molar refractivity (Wildman–Crippen MR) is 78.8 cm³/mol. The molecule has 0 aliphatic heterocycles. The molecule has 0 fully saturated rings. The van der Waals surface area contributed by atoms with Crippen molar-refractivity contribution in [1.82, 2.24) is 0 Å². The number of anilines is 1. The highest BCUT2D eigenvalue weighted by Crippen LogP contribution is 2.18. The van der Waals surface area contributed by atoms with Crippen molar-refractivity contribution in [3.8, 4) is 5.75 Å². The number of ketones is 1. The van der Waals surface area contributed by atoms with E-state index >= 15 is 0 Å². The largest absolute Gasteiger partial charge is 0.502 e. The standard InChI is InChI=1S/C16H17N2O3/c1-12(19)13-5-4-10-18(11-13)16(20)17(2)14-6-8-15(21-3)9-7-14/h4-11H,1-3H3/q+1. The van der Waals surface area contributed by atoms with Gasteiger partial charge < -0.3 is 4.74 Å². The maximum absolute atomic E-state index is 12.4. The van der Waals surface area contributed by atoms with Gasteiger partial charge in [0.25, 0.3) is 0 Å². The molecular weight excluding hydrogens is 268 g/mol. The lowest BCUT2D eigenvalue weighted by atomic mass is 10.2. The van der Waals surface area contributed by atoms with Crippen LogP contribution in [0.5, 0.6) is 5.75 Å². The SMILES string of the molecule is COc1ccc(N(C)C(=O)[n+]2cccc(C(C)=O)c2)cc1. The Balaban J connectivity index is 2.25. The van der Waals surface area contributed by atoms with Gasteiger partial charge in [0.1, 0.15) is 17.6 Å². The summed E-state index contributed by atoms with van der Waals surface area (Å²) in [6, 6.07) is 10.3. The highest BCUT2D eigenvalue weighted by Gasteiger charge is 2.22. The summed E-state index contributed by atoms with van der Waals surface area (Å²) < 4.78 is 6.48. The van der Waals surface area contributed by atoms with Crippen molar-refractivity contribution in [2.45, 2.75) is 6.92 Å². The minimum absolute atomic E-state index is 0.0794. The maximum Gasteiger partial charge on any atom is 0.502 e. The third-order valence-corrected chi connectivity index (χ3v) is 3.17. The fourth-order valence-corrected chi connectivity index (χ4v) is 1.89. The number of nitrogens with zero attached hydrogens (tertiary/aromatic N) is 2. The van der Waals surface area contributed by atoms with E-state index in [0.717, 1.165) is 11.4 Å². The van der Waals surface area contributed by atoms with Crippen molar-refractivity contribution < 1.29 is 18.9 Å². The van der Waals surface area contributed by atoms with Gasteiger partial charge in [-0.25, -0.2) is 0 Å². The quantitative estimate of drug-likeness (QED) is 0.642. The Labute approximate surface area is 123 Å². The molecule has 1 aromatic heterocycles. The topological polar surface area (TPSA) is 50.5 Å². The van der Waals surface area contributed by atoms with Crippen molar-refractivity contribution in [2.75, 3.05) is 19.1 Å². The van der Waals surface area contributed by atoms with E-state index in [-0.39, 0.29) is 11.8 Å². The number of aromatic nitrogens is 1. The maximum atomic E-state index is 12.4. The van der Waals surface area contributed by atoms with E-state index in [4.69, 9.17) is 4.74 Å². The minimum atomic E-state index is -0.247. The first-order valence-electron chi connectivity index (χ1n) is 6.47. The third kappa shape index (κ3) is 3.25. The van der Waals surface area contributed by atoms with Crippen molar-refractivity contribution in [3.05, 3.63) is 54.4 Å². The molecule has 2 rings (SSSR count). The summed E-state index contributed by atoms with van der Waals surface area (Å²) in [6.45, 7) is 1.47. The number of hydrogen-bond donors (Lipinski definition) is 0. The monoisotopic (exact) mass is 285 g/mol. The molecule has 0 atom stereocenters. The van der Waals surface area contributed by atoms with Gasteiger partial charge in [0.15, 0.2) is 5.78 Å². The van der Waals surface area contributed by atoms with Gasteiger partial charge >= 0.3 is 6.03 Å². The van der Waals surface area contributed by atoms with Crippen molar-refractivity contribution in [1.29, 1.82) is 0 Å². The number of methoxy groups -OCH3 is 1. The molecule has 0 unspecified atom stereocenters. The highest BCUT2D eigenvalue weighted by molar-refractivity contribution is 5.93. The van der Waals surface area contributed by atoms with Gasteiger partial charge in [-0.2, -0.15) is 14.3 Å². The first-order valence-corrected chi connectivity index (χ1v) is 6.47. The molecule has 5 nitrogen and oxygen atoms in total. The second-order valence-electron chi connectivity index (χ2n) is 4.60. The predicted octanol–water partition coefficient (Wildman–Crippen LogP) is 2.29. The van der Waals surface area contributed by atoms with Crippen LogP contribution in [0.15, 0.2) is 48.8 Å². The molecular formula is C16H17N2O3+. The third-order valence-electron chi connectivity index (χ3n) is 3.17. The van der Waals surface area contributed by atoms with E-state index in [0.29, 0.717) is 5.56 Å². The van der Waals surface area contributed by atoms with E-state index in [1.807, 2.05) is 0 Å². The Kier molecular flexibility index (Phi) is 4.33. The number of amides is 1. The van der Waals surface area contributed by atoms with Crippen LogP contribution in [-0.2, 0) is 0 Å². The van der Waals surface area contributed by atoms with Gasteiger partial charge in [-0.05, 0) is 43.3 Å². The van der Waals surface area contributed by atoms with Crippen LogP contribution in [0.2, 0.25) is 0 Å². The zero-order chi connectivity index (χ0) is 15.4. The molecule has 5 heteroatoms. The number of ether oxygens (including phenoxy) is 1. The Morgan fingerprint density at radius 2 is 1.81 bits per heavy atom. The number of carbonyl (C=O) groups is 2. The average Bonchev–Trinajstić information content (AvgIpc) is 2.53. The van der Waals surface area contributed by atoms with Crippen LogP contribution in [0.25, 0.3) is 0 Å². The molecule has 1 amide bonds. The summed E-state index contributed by atoms with van der Waals surface area (Å²) in [5.41, 5.74) is 1.23. The Bertz CT molecular complexity index is 665. The molecule has 0 aliphatic rings. The van der Waals surface area contributed by atoms with Gasteiger partial charge in [-0.15, -0.1) is 0 Å². The van der Waals surface area contributed by atoms with Crippen molar-refractivity contribution >= 4 is 17.5 Å². The number of carbonyl (C=O) groups excluding carboxylic acids is 2. The van der Waals surface area contributed by atoms with Gasteiger partial charge in [0.05, 0.1) is 25.9 Å². The van der Waals surface area contributed by atoms with Gasteiger partial charge in [-0.3, -0.25) is 4.79 Å². The fraction of sp³-hybridized carbons (Fsp3) is 0.188. The molecule has 0 radical (unpaired) electrons. The molecule has 0 spiro atoms. The molecule has 21 heavy (non-hydrogen) atoms. The van der Waals surface area contributed by atoms with Crippen LogP contribution < -0.4 is 14.2 Å². The molecule has 108 valence electrons.